The predicted molar refractivity (Wildman–Crippen MR) is 278 cm³/mol. The number of esters is 1. The van der Waals surface area contributed by atoms with Crippen LogP contribution in [0.1, 0.15) is 284 Å². The molecule has 64 heavy (non-hydrogen) atoms. The van der Waals surface area contributed by atoms with Gasteiger partial charge in [0, 0.05) is 6.42 Å². The molecule has 0 aromatic heterocycles. The molecule has 3 atom stereocenters. The lowest BCUT2D eigenvalue weighted by atomic mass is 10.0. The fourth-order valence-corrected chi connectivity index (χ4v) is 8.37. The molecule has 0 aromatic rings. The Balaban J connectivity index is 4.62. The third-order valence-corrected chi connectivity index (χ3v) is 12.6. The molecule has 0 fully saturated rings. The van der Waals surface area contributed by atoms with Crippen molar-refractivity contribution in [1.29, 1.82) is 0 Å². The Kier molecular flexibility index (Phi) is 50.0. The van der Waals surface area contributed by atoms with Crippen molar-refractivity contribution < 1.29 is 24.5 Å². The van der Waals surface area contributed by atoms with Crippen LogP contribution >= 0.6 is 0 Å². The van der Waals surface area contributed by atoms with E-state index in [1.807, 2.05) is 0 Å². The monoisotopic (exact) mass is 898 g/mol. The molecular weight excluding hydrogens is 791 g/mol. The average molecular weight is 898 g/mol. The van der Waals surface area contributed by atoms with Gasteiger partial charge in [0.25, 0.3) is 0 Å². The summed E-state index contributed by atoms with van der Waals surface area (Å²) in [6.07, 6.45) is 63.2. The molecule has 0 aliphatic rings. The van der Waals surface area contributed by atoms with Crippen LogP contribution in [0.25, 0.3) is 0 Å². The van der Waals surface area contributed by atoms with Crippen molar-refractivity contribution in [3.63, 3.8) is 0 Å². The van der Waals surface area contributed by atoms with Gasteiger partial charge < -0.3 is 20.3 Å². The van der Waals surface area contributed by atoms with Crippen molar-refractivity contribution >= 4 is 11.9 Å². The molecule has 0 saturated carbocycles. The molecule has 0 aliphatic heterocycles. The molecule has 6 heteroatoms. The van der Waals surface area contributed by atoms with E-state index in [2.05, 4.69) is 74.7 Å². The number of amides is 1. The van der Waals surface area contributed by atoms with E-state index in [9.17, 15) is 19.8 Å². The molecule has 0 rings (SSSR count). The normalized spacial score (nSPS) is 13.5. The van der Waals surface area contributed by atoms with Crippen LogP contribution in [0.2, 0.25) is 0 Å². The summed E-state index contributed by atoms with van der Waals surface area (Å²) < 4.78 is 5.92. The Morgan fingerprint density at radius 3 is 1.27 bits per heavy atom. The summed E-state index contributed by atoms with van der Waals surface area (Å²) in [5, 5.41) is 23.8. The number of ether oxygens (including phenoxy) is 1. The SMILES string of the molecule is CCCCC/C=C\C/C=C\C/C=C\CCCCC(CC(=O)NC(CO)C(O)CCCCCCCCCCCCCCCCCC)OC(=O)CCCCC/C=C\CCCCCCCCC. The first-order valence-corrected chi connectivity index (χ1v) is 27.9. The second kappa shape index (κ2) is 51.8. The fraction of sp³-hybridized carbons (Fsp3) is 0.828. The molecular formula is C58H107NO5. The molecule has 0 saturated heterocycles. The summed E-state index contributed by atoms with van der Waals surface area (Å²) in [5.74, 6) is -0.523. The number of rotatable bonds is 50. The van der Waals surface area contributed by atoms with Gasteiger partial charge in [0.15, 0.2) is 0 Å². The van der Waals surface area contributed by atoms with Crippen LogP contribution in [0.4, 0.5) is 0 Å². The number of allylic oxidation sites excluding steroid dienone is 8. The molecule has 0 bridgehead atoms. The number of carbonyl (C=O) groups excluding carboxylic acids is 2. The minimum Gasteiger partial charge on any atom is -0.462 e. The summed E-state index contributed by atoms with van der Waals surface area (Å²) in [6, 6.07) is -0.717. The highest BCUT2D eigenvalue weighted by molar-refractivity contribution is 5.77. The second-order valence-corrected chi connectivity index (χ2v) is 19.0. The van der Waals surface area contributed by atoms with Crippen molar-refractivity contribution in [2.75, 3.05) is 6.61 Å². The van der Waals surface area contributed by atoms with Gasteiger partial charge >= 0.3 is 5.97 Å². The van der Waals surface area contributed by atoms with E-state index in [1.165, 1.54) is 154 Å². The number of aliphatic hydroxyl groups is 2. The lowest BCUT2D eigenvalue weighted by Gasteiger charge is -2.24. The van der Waals surface area contributed by atoms with Crippen molar-refractivity contribution in [1.82, 2.24) is 5.32 Å². The van der Waals surface area contributed by atoms with Crippen LogP contribution < -0.4 is 5.32 Å². The highest BCUT2D eigenvalue weighted by Crippen LogP contribution is 2.17. The van der Waals surface area contributed by atoms with E-state index in [0.717, 1.165) is 83.5 Å². The van der Waals surface area contributed by atoms with E-state index in [0.29, 0.717) is 19.3 Å². The van der Waals surface area contributed by atoms with Gasteiger partial charge in [-0.25, -0.2) is 0 Å². The Hall–Kier alpha value is -2.18. The zero-order chi connectivity index (χ0) is 46.7. The molecule has 0 radical (unpaired) electrons. The zero-order valence-corrected chi connectivity index (χ0v) is 42.7. The van der Waals surface area contributed by atoms with Gasteiger partial charge in [-0.3, -0.25) is 9.59 Å². The Morgan fingerprint density at radius 1 is 0.453 bits per heavy atom. The Labute approximate surface area is 397 Å². The molecule has 0 spiro atoms. The number of aliphatic hydroxyl groups excluding tert-OH is 2. The van der Waals surface area contributed by atoms with Crippen molar-refractivity contribution in [3.8, 4) is 0 Å². The highest BCUT2D eigenvalue weighted by Gasteiger charge is 2.24. The molecule has 3 unspecified atom stereocenters. The Morgan fingerprint density at radius 2 is 0.797 bits per heavy atom. The average Bonchev–Trinajstić information content (AvgIpc) is 3.29. The molecule has 3 N–H and O–H groups in total. The minimum atomic E-state index is -0.801. The van der Waals surface area contributed by atoms with Crippen LogP contribution in [0.3, 0.4) is 0 Å². The van der Waals surface area contributed by atoms with E-state index < -0.39 is 18.2 Å². The first kappa shape index (κ1) is 61.8. The lowest BCUT2D eigenvalue weighted by molar-refractivity contribution is -0.151. The fourth-order valence-electron chi connectivity index (χ4n) is 8.37. The van der Waals surface area contributed by atoms with Gasteiger partial charge in [0.1, 0.15) is 6.10 Å². The number of hydrogen-bond acceptors (Lipinski definition) is 5. The van der Waals surface area contributed by atoms with Crippen LogP contribution in [-0.2, 0) is 14.3 Å². The third-order valence-electron chi connectivity index (χ3n) is 12.6. The van der Waals surface area contributed by atoms with Crippen LogP contribution in [0, 0.1) is 0 Å². The highest BCUT2D eigenvalue weighted by atomic mass is 16.5. The van der Waals surface area contributed by atoms with Gasteiger partial charge in [-0.15, -0.1) is 0 Å². The van der Waals surface area contributed by atoms with Crippen LogP contribution in [0.15, 0.2) is 48.6 Å². The molecule has 374 valence electrons. The summed E-state index contributed by atoms with van der Waals surface area (Å²) in [7, 11) is 0. The van der Waals surface area contributed by atoms with Crippen molar-refractivity contribution in [3.05, 3.63) is 48.6 Å². The number of hydrogen-bond donors (Lipinski definition) is 3. The van der Waals surface area contributed by atoms with Crippen LogP contribution in [0.5, 0.6) is 0 Å². The minimum absolute atomic E-state index is 0.0469. The van der Waals surface area contributed by atoms with E-state index in [-0.39, 0.29) is 24.9 Å². The van der Waals surface area contributed by atoms with E-state index in [1.54, 1.807) is 0 Å². The predicted octanol–water partition coefficient (Wildman–Crippen LogP) is 17.0. The molecule has 0 aliphatic carbocycles. The number of unbranched alkanes of at least 4 members (excludes halogenated alkanes) is 30. The largest absolute Gasteiger partial charge is 0.462 e. The maximum absolute atomic E-state index is 13.2. The summed E-state index contributed by atoms with van der Waals surface area (Å²) >= 11 is 0. The summed E-state index contributed by atoms with van der Waals surface area (Å²) in [6.45, 7) is 6.46. The maximum Gasteiger partial charge on any atom is 0.306 e. The van der Waals surface area contributed by atoms with Gasteiger partial charge in [0.05, 0.1) is 25.2 Å². The van der Waals surface area contributed by atoms with Gasteiger partial charge in [-0.2, -0.15) is 0 Å². The second-order valence-electron chi connectivity index (χ2n) is 19.0. The molecule has 0 aromatic carbocycles. The standard InChI is InChI=1S/C58H107NO5/c1-4-7-10-13-16-19-22-25-28-30-32-35-38-41-44-47-50-56(61)55(53-60)59-57(62)52-54(49-46-43-40-37-34-31-29-26-23-20-17-14-11-8-5-2)64-58(63)51-48-45-42-39-36-33-27-24-21-18-15-12-9-6-3/h17,20,26,29,33-34,36-37,54-56,60-61H,4-16,18-19,21-25,27-28,30-32,35,38-53H2,1-3H3,(H,59,62)/b20-17-,29-26-,36-33-,37-34-. The summed E-state index contributed by atoms with van der Waals surface area (Å²) in [4.78, 5) is 26.2. The first-order valence-electron chi connectivity index (χ1n) is 27.9. The van der Waals surface area contributed by atoms with Crippen molar-refractivity contribution in [2.45, 2.75) is 302 Å². The van der Waals surface area contributed by atoms with Gasteiger partial charge in [0.2, 0.25) is 5.91 Å². The third kappa shape index (κ3) is 46.4. The molecule has 6 nitrogen and oxygen atoms in total. The molecule has 1 amide bonds. The Bertz CT molecular complexity index is 1100. The molecule has 0 heterocycles. The van der Waals surface area contributed by atoms with E-state index in [4.69, 9.17) is 4.74 Å². The zero-order valence-electron chi connectivity index (χ0n) is 42.7. The smallest absolute Gasteiger partial charge is 0.306 e. The topological polar surface area (TPSA) is 95.9 Å². The van der Waals surface area contributed by atoms with Gasteiger partial charge in [-0.1, -0.05) is 230 Å². The van der Waals surface area contributed by atoms with Gasteiger partial charge in [-0.05, 0) is 89.9 Å². The number of carbonyl (C=O) groups is 2. The number of nitrogens with one attached hydrogen (secondary N) is 1. The van der Waals surface area contributed by atoms with Crippen LogP contribution in [-0.4, -0.2) is 46.9 Å². The maximum atomic E-state index is 13.2. The quantitative estimate of drug-likeness (QED) is 0.0321. The van der Waals surface area contributed by atoms with Crippen molar-refractivity contribution in [2.24, 2.45) is 0 Å². The van der Waals surface area contributed by atoms with E-state index >= 15 is 0 Å². The lowest BCUT2D eigenvalue weighted by Crippen LogP contribution is -2.46. The first-order chi connectivity index (χ1) is 31.5. The summed E-state index contributed by atoms with van der Waals surface area (Å²) in [5.41, 5.74) is 0.